The Morgan fingerprint density at radius 1 is 1.03 bits per heavy atom. The Hall–Kier alpha value is -3.56. The summed E-state index contributed by atoms with van der Waals surface area (Å²) in [4.78, 5) is 24.5. The number of hydrogen-bond acceptors (Lipinski definition) is 5. The summed E-state index contributed by atoms with van der Waals surface area (Å²) in [7, 11) is -3.46. The van der Waals surface area contributed by atoms with Gasteiger partial charge in [0, 0.05) is 23.9 Å². The highest BCUT2D eigenvalue weighted by Gasteiger charge is 2.11. The van der Waals surface area contributed by atoms with Crippen LogP contribution in [0.1, 0.15) is 5.56 Å². The fourth-order valence-electron chi connectivity index (χ4n) is 2.80. The second-order valence-electron chi connectivity index (χ2n) is 6.72. The van der Waals surface area contributed by atoms with Gasteiger partial charge in [0.1, 0.15) is 6.54 Å². The summed E-state index contributed by atoms with van der Waals surface area (Å²) in [5.41, 5.74) is 2.09. The molecular formula is C22H22N4O4S. The monoisotopic (exact) mass is 438 g/mol. The predicted molar refractivity (Wildman–Crippen MR) is 120 cm³/mol. The molecule has 0 fully saturated rings. The zero-order chi connectivity index (χ0) is 22.3. The van der Waals surface area contributed by atoms with Gasteiger partial charge in [-0.25, -0.2) is 17.8 Å². The number of benzene rings is 2. The SMILES string of the molecule is C=CCNS(=O)(=O)Cc1ccc(NC(=O)Cn2nc(-c3ccccc3)ccc2=O)cc1. The van der Waals surface area contributed by atoms with Crippen molar-refractivity contribution in [2.45, 2.75) is 12.3 Å². The first kappa shape index (κ1) is 22.1. The number of nitrogens with one attached hydrogen (secondary N) is 2. The summed E-state index contributed by atoms with van der Waals surface area (Å²) in [6.45, 7) is 3.39. The van der Waals surface area contributed by atoms with Crippen molar-refractivity contribution in [2.75, 3.05) is 11.9 Å². The van der Waals surface area contributed by atoms with Gasteiger partial charge in [0.2, 0.25) is 15.9 Å². The smallest absolute Gasteiger partial charge is 0.267 e. The molecule has 0 aliphatic rings. The van der Waals surface area contributed by atoms with Gasteiger partial charge in [-0.05, 0) is 23.8 Å². The zero-order valence-corrected chi connectivity index (χ0v) is 17.5. The lowest BCUT2D eigenvalue weighted by Crippen LogP contribution is -2.29. The second kappa shape index (κ2) is 9.96. The van der Waals surface area contributed by atoms with Crippen LogP contribution < -0.4 is 15.6 Å². The fourth-order valence-corrected chi connectivity index (χ4v) is 3.91. The molecule has 0 aliphatic heterocycles. The third kappa shape index (κ3) is 6.46. The average molecular weight is 439 g/mol. The van der Waals surface area contributed by atoms with Gasteiger partial charge < -0.3 is 5.32 Å². The van der Waals surface area contributed by atoms with E-state index in [2.05, 4.69) is 21.7 Å². The molecule has 3 rings (SSSR count). The van der Waals surface area contributed by atoms with Crippen molar-refractivity contribution in [3.05, 3.63) is 95.3 Å². The highest BCUT2D eigenvalue weighted by atomic mass is 32.2. The third-order valence-electron chi connectivity index (χ3n) is 4.27. The van der Waals surface area contributed by atoms with Crippen molar-refractivity contribution in [1.29, 1.82) is 0 Å². The molecule has 0 unspecified atom stereocenters. The van der Waals surface area contributed by atoms with E-state index in [0.29, 0.717) is 16.9 Å². The number of aromatic nitrogens is 2. The molecule has 1 heterocycles. The molecular weight excluding hydrogens is 416 g/mol. The molecule has 0 radical (unpaired) electrons. The molecule has 0 spiro atoms. The summed E-state index contributed by atoms with van der Waals surface area (Å²) < 4.78 is 27.3. The number of hydrogen-bond donors (Lipinski definition) is 2. The van der Waals surface area contributed by atoms with Gasteiger partial charge >= 0.3 is 0 Å². The third-order valence-corrected chi connectivity index (χ3v) is 5.59. The quantitative estimate of drug-likeness (QED) is 0.498. The maximum absolute atomic E-state index is 12.4. The van der Waals surface area contributed by atoms with E-state index in [1.165, 1.54) is 12.1 Å². The van der Waals surface area contributed by atoms with Crippen LogP contribution in [0.4, 0.5) is 5.69 Å². The van der Waals surface area contributed by atoms with Crippen molar-refractivity contribution in [3.8, 4) is 11.3 Å². The van der Waals surface area contributed by atoms with Gasteiger partial charge in [-0.3, -0.25) is 9.59 Å². The van der Waals surface area contributed by atoms with E-state index in [-0.39, 0.29) is 24.4 Å². The predicted octanol–water partition coefficient (Wildman–Crippen LogP) is 2.15. The zero-order valence-electron chi connectivity index (χ0n) is 16.7. The molecule has 0 aliphatic carbocycles. The Labute approximate surface area is 180 Å². The molecule has 3 aromatic rings. The van der Waals surface area contributed by atoms with E-state index in [4.69, 9.17) is 0 Å². The van der Waals surface area contributed by atoms with E-state index < -0.39 is 15.9 Å². The van der Waals surface area contributed by atoms with Crippen LogP contribution in [0.2, 0.25) is 0 Å². The Bertz CT molecular complexity index is 1220. The first-order chi connectivity index (χ1) is 14.9. The van der Waals surface area contributed by atoms with Crippen LogP contribution >= 0.6 is 0 Å². The standard InChI is InChI=1S/C22H22N4O4S/c1-2-14-23-31(29,30)16-17-8-10-19(11-9-17)24-21(27)15-26-22(28)13-12-20(25-26)18-6-4-3-5-7-18/h2-13,23H,1,14-16H2,(H,24,27). The van der Waals surface area contributed by atoms with Crippen LogP contribution in [0.25, 0.3) is 11.3 Å². The van der Waals surface area contributed by atoms with Gasteiger partial charge in [-0.2, -0.15) is 5.10 Å². The van der Waals surface area contributed by atoms with Crippen molar-refractivity contribution >= 4 is 21.6 Å². The molecule has 0 bridgehead atoms. The number of sulfonamides is 1. The van der Waals surface area contributed by atoms with Gasteiger partial charge in [0.25, 0.3) is 5.56 Å². The summed E-state index contributed by atoms with van der Waals surface area (Å²) in [6, 6.07) is 18.8. The van der Waals surface area contributed by atoms with Crippen LogP contribution in [0, 0.1) is 0 Å². The van der Waals surface area contributed by atoms with E-state index in [9.17, 15) is 18.0 Å². The van der Waals surface area contributed by atoms with Crippen LogP contribution in [0.5, 0.6) is 0 Å². The molecule has 160 valence electrons. The second-order valence-corrected chi connectivity index (χ2v) is 8.53. The number of carbonyl (C=O) groups is 1. The molecule has 2 N–H and O–H groups in total. The van der Waals surface area contributed by atoms with Crippen molar-refractivity contribution < 1.29 is 13.2 Å². The van der Waals surface area contributed by atoms with Crippen LogP contribution in [-0.2, 0) is 27.1 Å². The maximum atomic E-state index is 12.4. The maximum Gasteiger partial charge on any atom is 0.267 e. The first-order valence-corrected chi connectivity index (χ1v) is 11.1. The Morgan fingerprint density at radius 2 is 1.74 bits per heavy atom. The summed E-state index contributed by atoms with van der Waals surface area (Å²) in [6.07, 6.45) is 1.46. The minimum Gasteiger partial charge on any atom is -0.324 e. The molecule has 0 saturated carbocycles. The van der Waals surface area contributed by atoms with Gasteiger partial charge in [0.05, 0.1) is 11.4 Å². The lowest BCUT2D eigenvalue weighted by molar-refractivity contribution is -0.117. The minimum absolute atomic E-state index is 0.162. The van der Waals surface area contributed by atoms with Crippen molar-refractivity contribution in [1.82, 2.24) is 14.5 Å². The van der Waals surface area contributed by atoms with Gasteiger partial charge in [0.15, 0.2) is 0 Å². The Kier molecular flexibility index (Phi) is 7.11. The van der Waals surface area contributed by atoms with E-state index in [0.717, 1.165) is 10.2 Å². The molecule has 1 aromatic heterocycles. The normalized spacial score (nSPS) is 11.1. The summed E-state index contributed by atoms with van der Waals surface area (Å²) >= 11 is 0. The minimum atomic E-state index is -3.46. The molecule has 1 amide bonds. The topological polar surface area (TPSA) is 110 Å². The highest BCUT2D eigenvalue weighted by Crippen LogP contribution is 2.14. The largest absolute Gasteiger partial charge is 0.324 e. The molecule has 0 atom stereocenters. The van der Waals surface area contributed by atoms with Crippen LogP contribution in [-0.4, -0.2) is 30.7 Å². The van der Waals surface area contributed by atoms with Crippen molar-refractivity contribution in [2.24, 2.45) is 0 Å². The molecule has 31 heavy (non-hydrogen) atoms. The average Bonchev–Trinajstić information content (AvgIpc) is 2.76. The van der Waals surface area contributed by atoms with E-state index >= 15 is 0 Å². The highest BCUT2D eigenvalue weighted by molar-refractivity contribution is 7.88. The first-order valence-electron chi connectivity index (χ1n) is 9.47. The van der Waals surface area contributed by atoms with E-state index in [1.54, 1.807) is 30.3 Å². The molecule has 9 heteroatoms. The Morgan fingerprint density at radius 3 is 2.42 bits per heavy atom. The van der Waals surface area contributed by atoms with Crippen LogP contribution in [0.3, 0.4) is 0 Å². The summed E-state index contributed by atoms with van der Waals surface area (Å²) in [5.74, 6) is -0.603. The number of anilines is 1. The lowest BCUT2D eigenvalue weighted by atomic mass is 10.1. The van der Waals surface area contributed by atoms with Gasteiger partial charge in [-0.15, -0.1) is 6.58 Å². The Balaban J connectivity index is 1.65. The van der Waals surface area contributed by atoms with Crippen LogP contribution in [0.15, 0.2) is 84.2 Å². The fraction of sp³-hybridized carbons (Fsp3) is 0.136. The van der Waals surface area contributed by atoms with Gasteiger partial charge in [-0.1, -0.05) is 48.5 Å². The molecule has 0 saturated heterocycles. The number of rotatable bonds is 9. The van der Waals surface area contributed by atoms with Crippen molar-refractivity contribution in [3.63, 3.8) is 0 Å². The summed E-state index contributed by atoms with van der Waals surface area (Å²) in [5, 5.41) is 6.95. The number of amides is 1. The number of carbonyl (C=O) groups excluding carboxylic acids is 1. The molecule has 2 aromatic carbocycles. The van der Waals surface area contributed by atoms with E-state index in [1.807, 2.05) is 30.3 Å². The lowest BCUT2D eigenvalue weighted by Gasteiger charge is -2.09. The number of nitrogens with zero attached hydrogens (tertiary/aromatic N) is 2. The molecule has 8 nitrogen and oxygen atoms in total.